The summed E-state index contributed by atoms with van der Waals surface area (Å²) in [7, 11) is 0. The summed E-state index contributed by atoms with van der Waals surface area (Å²) in [6.45, 7) is 3.81. The molecule has 258 valence electrons. The molecule has 0 radical (unpaired) electrons. The van der Waals surface area contributed by atoms with Crippen molar-refractivity contribution in [2.24, 2.45) is 0 Å². The molecule has 0 aromatic heterocycles. The minimum atomic E-state index is -1.37. The molecule has 0 aliphatic carbocycles. The van der Waals surface area contributed by atoms with Crippen LogP contribution in [0.15, 0.2) is 12.2 Å². The lowest BCUT2D eigenvalue weighted by Gasteiger charge is -2.21. The van der Waals surface area contributed by atoms with Crippen molar-refractivity contribution in [3.8, 4) is 0 Å². The van der Waals surface area contributed by atoms with Crippen molar-refractivity contribution in [2.45, 2.75) is 199 Å². The molecule has 0 saturated carbocycles. The Morgan fingerprint density at radius 2 is 0.955 bits per heavy atom. The average Bonchev–Trinajstić information content (AvgIpc) is 3.01. The van der Waals surface area contributed by atoms with Crippen LogP contribution in [0.2, 0.25) is 0 Å². The molecule has 4 N–H and O–H groups in total. The number of aliphatic hydroxyl groups is 1. The molecule has 2 atom stereocenters. The molecular formula is C37H70N2O5. The van der Waals surface area contributed by atoms with Gasteiger partial charge in [-0.2, -0.15) is 0 Å². The molecule has 0 aliphatic rings. The average molecular weight is 623 g/mol. The van der Waals surface area contributed by atoms with E-state index < -0.39 is 30.6 Å². The minimum Gasteiger partial charge on any atom is -0.480 e. The van der Waals surface area contributed by atoms with E-state index >= 15 is 0 Å². The number of carbonyl (C=O) groups is 3. The van der Waals surface area contributed by atoms with Crippen LogP contribution in [0.4, 0.5) is 0 Å². The van der Waals surface area contributed by atoms with Gasteiger partial charge in [0.1, 0.15) is 12.1 Å². The standard InChI is InChI=1S/C37H70N2O5/c1-3-5-7-9-11-13-15-17-18-19-21-23-25-27-29-31-35(41)38-33(36(42)39-34(32-40)37(43)44)30-28-26-24-22-20-16-14-12-10-8-6-4-2/h17-18,33-34,40H,3-16,19-32H2,1-2H3,(H,38,41)(H,39,42)(H,43,44). The van der Waals surface area contributed by atoms with Gasteiger partial charge in [0.2, 0.25) is 11.8 Å². The van der Waals surface area contributed by atoms with Crippen LogP contribution in [0, 0.1) is 0 Å². The molecule has 2 amide bonds. The van der Waals surface area contributed by atoms with E-state index in [9.17, 15) is 24.6 Å². The van der Waals surface area contributed by atoms with Gasteiger partial charge in [0, 0.05) is 6.42 Å². The Morgan fingerprint density at radius 1 is 0.545 bits per heavy atom. The molecule has 0 aromatic rings. The topological polar surface area (TPSA) is 116 Å². The third kappa shape index (κ3) is 27.6. The van der Waals surface area contributed by atoms with Crippen molar-refractivity contribution >= 4 is 17.8 Å². The second-order valence-corrected chi connectivity index (χ2v) is 12.7. The second kappa shape index (κ2) is 32.5. The van der Waals surface area contributed by atoms with Crippen LogP contribution in [-0.4, -0.2) is 46.7 Å². The summed E-state index contributed by atoms with van der Waals surface area (Å²) in [6.07, 6.45) is 35.5. The molecular weight excluding hydrogens is 552 g/mol. The Hall–Kier alpha value is -1.89. The van der Waals surface area contributed by atoms with Crippen LogP contribution in [-0.2, 0) is 14.4 Å². The van der Waals surface area contributed by atoms with E-state index in [1.807, 2.05) is 0 Å². The zero-order valence-electron chi connectivity index (χ0n) is 28.7. The Kier molecular flexibility index (Phi) is 31.1. The summed E-state index contributed by atoms with van der Waals surface area (Å²) in [5.74, 6) is -1.99. The van der Waals surface area contributed by atoms with E-state index in [-0.39, 0.29) is 5.91 Å². The first kappa shape index (κ1) is 42.1. The highest BCUT2D eigenvalue weighted by Gasteiger charge is 2.25. The highest BCUT2D eigenvalue weighted by Crippen LogP contribution is 2.14. The van der Waals surface area contributed by atoms with Crippen molar-refractivity contribution in [2.75, 3.05) is 6.61 Å². The fourth-order valence-corrected chi connectivity index (χ4v) is 5.54. The van der Waals surface area contributed by atoms with Crippen LogP contribution in [0.3, 0.4) is 0 Å². The number of carboxylic acids is 1. The normalized spacial score (nSPS) is 12.8. The first-order chi connectivity index (χ1) is 21.5. The molecule has 0 heterocycles. The molecule has 0 saturated heterocycles. The smallest absolute Gasteiger partial charge is 0.328 e. The molecule has 7 heteroatoms. The van der Waals surface area contributed by atoms with Crippen LogP contribution in [0.25, 0.3) is 0 Å². The van der Waals surface area contributed by atoms with Crippen molar-refractivity contribution < 1.29 is 24.6 Å². The Morgan fingerprint density at radius 3 is 1.39 bits per heavy atom. The predicted molar refractivity (Wildman–Crippen MR) is 184 cm³/mol. The maximum absolute atomic E-state index is 12.8. The Bertz CT molecular complexity index is 712. The van der Waals surface area contributed by atoms with Gasteiger partial charge < -0.3 is 20.8 Å². The first-order valence-electron chi connectivity index (χ1n) is 18.5. The predicted octanol–water partition coefficient (Wildman–Crippen LogP) is 9.16. The molecule has 0 fully saturated rings. The van der Waals surface area contributed by atoms with E-state index in [4.69, 9.17) is 0 Å². The summed E-state index contributed by atoms with van der Waals surface area (Å²) < 4.78 is 0. The third-order valence-corrected chi connectivity index (χ3v) is 8.46. The highest BCUT2D eigenvalue weighted by atomic mass is 16.4. The van der Waals surface area contributed by atoms with Gasteiger partial charge in [0.15, 0.2) is 0 Å². The molecule has 0 rings (SSSR count). The number of carbonyl (C=O) groups excluding carboxylic acids is 2. The van der Waals surface area contributed by atoms with E-state index in [2.05, 4.69) is 36.6 Å². The number of aliphatic hydroxyl groups excluding tert-OH is 1. The number of aliphatic carboxylic acids is 1. The molecule has 0 aromatic carbocycles. The lowest BCUT2D eigenvalue weighted by molar-refractivity contribution is -0.143. The zero-order chi connectivity index (χ0) is 32.5. The molecule has 7 nitrogen and oxygen atoms in total. The molecule has 2 unspecified atom stereocenters. The SMILES string of the molecule is CCCCCCCCC=CCCCCCCCC(=O)NC(CCCCCCCCCCCCCC)C(=O)NC(CO)C(=O)O. The van der Waals surface area contributed by atoms with Crippen molar-refractivity contribution in [1.29, 1.82) is 0 Å². The highest BCUT2D eigenvalue weighted by molar-refractivity contribution is 5.90. The monoisotopic (exact) mass is 623 g/mol. The molecule has 0 bridgehead atoms. The number of hydrogen-bond acceptors (Lipinski definition) is 4. The fourth-order valence-electron chi connectivity index (χ4n) is 5.54. The number of hydrogen-bond donors (Lipinski definition) is 4. The van der Waals surface area contributed by atoms with Crippen molar-refractivity contribution in [3.63, 3.8) is 0 Å². The first-order valence-corrected chi connectivity index (χ1v) is 18.5. The molecule has 0 spiro atoms. The van der Waals surface area contributed by atoms with Crippen molar-refractivity contribution in [1.82, 2.24) is 10.6 Å². The van der Waals surface area contributed by atoms with Gasteiger partial charge in [-0.25, -0.2) is 4.79 Å². The molecule has 0 aliphatic heterocycles. The van der Waals surface area contributed by atoms with E-state index in [1.54, 1.807) is 0 Å². The number of allylic oxidation sites excluding steroid dienone is 2. The Balaban J connectivity index is 4.18. The lowest BCUT2D eigenvalue weighted by Crippen LogP contribution is -2.52. The summed E-state index contributed by atoms with van der Waals surface area (Å²) in [5.41, 5.74) is 0. The third-order valence-electron chi connectivity index (χ3n) is 8.46. The zero-order valence-corrected chi connectivity index (χ0v) is 28.7. The van der Waals surface area contributed by atoms with Crippen molar-refractivity contribution in [3.05, 3.63) is 12.2 Å². The number of unbranched alkanes of at least 4 members (excludes halogenated alkanes) is 22. The maximum atomic E-state index is 12.8. The minimum absolute atomic E-state index is 0.169. The summed E-state index contributed by atoms with van der Waals surface area (Å²) in [5, 5.41) is 23.7. The molecule has 44 heavy (non-hydrogen) atoms. The van der Waals surface area contributed by atoms with Crippen LogP contribution >= 0.6 is 0 Å². The van der Waals surface area contributed by atoms with Gasteiger partial charge in [-0.05, 0) is 38.5 Å². The summed E-state index contributed by atoms with van der Waals surface area (Å²) in [6, 6.07) is -2.14. The van der Waals surface area contributed by atoms with Gasteiger partial charge in [0.25, 0.3) is 0 Å². The van der Waals surface area contributed by atoms with Crippen LogP contribution in [0.1, 0.15) is 187 Å². The summed E-state index contributed by atoms with van der Waals surface area (Å²) >= 11 is 0. The second-order valence-electron chi connectivity index (χ2n) is 12.7. The quantitative estimate of drug-likeness (QED) is 0.0430. The number of nitrogens with one attached hydrogen (secondary N) is 2. The van der Waals surface area contributed by atoms with Gasteiger partial charge in [-0.1, -0.05) is 154 Å². The van der Waals surface area contributed by atoms with E-state index in [0.717, 1.165) is 51.4 Å². The van der Waals surface area contributed by atoms with Gasteiger partial charge in [-0.15, -0.1) is 0 Å². The fraction of sp³-hybridized carbons (Fsp3) is 0.865. The summed E-state index contributed by atoms with van der Waals surface area (Å²) in [4.78, 5) is 36.7. The van der Waals surface area contributed by atoms with Crippen LogP contribution < -0.4 is 10.6 Å². The largest absolute Gasteiger partial charge is 0.480 e. The Labute approximate surface area is 270 Å². The van der Waals surface area contributed by atoms with E-state index in [1.165, 1.54) is 109 Å². The number of rotatable bonds is 33. The number of amides is 2. The van der Waals surface area contributed by atoms with Gasteiger partial charge >= 0.3 is 5.97 Å². The lowest BCUT2D eigenvalue weighted by atomic mass is 10.0. The van der Waals surface area contributed by atoms with Crippen LogP contribution in [0.5, 0.6) is 0 Å². The van der Waals surface area contributed by atoms with Gasteiger partial charge in [-0.3, -0.25) is 9.59 Å². The van der Waals surface area contributed by atoms with Gasteiger partial charge in [0.05, 0.1) is 6.61 Å². The number of carboxylic acid groups (broad SMARTS) is 1. The van der Waals surface area contributed by atoms with E-state index in [0.29, 0.717) is 12.8 Å². The maximum Gasteiger partial charge on any atom is 0.328 e.